The molecule has 103 heavy (non-hydrogen) atoms. The molecule has 0 aliphatic carbocycles. The average Bonchev–Trinajstić information content (AvgIpc) is 1.45. The normalized spacial score (nSPS) is 13.2. The number of morpholine rings is 1. The highest BCUT2D eigenvalue weighted by Gasteiger charge is 2.26. The van der Waals surface area contributed by atoms with Crippen LogP contribution in [0.4, 0.5) is 60.9 Å². The smallest absolute Gasteiger partial charge is 0.259 e. The van der Waals surface area contributed by atoms with Gasteiger partial charge in [-0.3, -0.25) is 44.6 Å². The van der Waals surface area contributed by atoms with Crippen molar-refractivity contribution in [2.75, 3.05) is 91.4 Å². The molecule has 8 N–H and O–H groups in total. The molecule has 2 saturated heterocycles. The van der Waals surface area contributed by atoms with Crippen molar-refractivity contribution in [3.63, 3.8) is 0 Å². The number of anilines is 6. The summed E-state index contributed by atoms with van der Waals surface area (Å²) in [6.07, 6.45) is 7.07. The van der Waals surface area contributed by atoms with Crippen LogP contribution in [0.2, 0.25) is 15.1 Å². The van der Waals surface area contributed by atoms with Crippen molar-refractivity contribution in [1.82, 2.24) is 29.7 Å². The van der Waals surface area contributed by atoms with Gasteiger partial charge in [0, 0.05) is 75.1 Å². The van der Waals surface area contributed by atoms with Gasteiger partial charge in [0.15, 0.2) is 0 Å². The van der Waals surface area contributed by atoms with Crippen LogP contribution in [-0.2, 0) is 4.74 Å². The number of carbonyl (C=O) groups excluding carboxylic acids is 6. The first kappa shape index (κ1) is 74.1. The number of aliphatic imine (C=N–C) groups is 1. The topological polar surface area (TPSA) is 292 Å². The maximum Gasteiger partial charge on any atom is 0.259 e. The van der Waals surface area contributed by atoms with E-state index >= 15 is 0 Å². The number of likely N-dealkylation sites (tertiary alicyclic amines) is 1. The van der Waals surface area contributed by atoms with E-state index in [4.69, 9.17) is 50.4 Å². The van der Waals surface area contributed by atoms with Crippen LogP contribution in [0.25, 0.3) is 0 Å². The molecule has 0 spiro atoms. The van der Waals surface area contributed by atoms with Crippen molar-refractivity contribution in [2.45, 2.75) is 19.3 Å². The van der Waals surface area contributed by atoms with Gasteiger partial charge in [-0.25, -0.2) is 41.3 Å². The molecule has 6 aromatic carbocycles. The van der Waals surface area contributed by atoms with E-state index < -0.39 is 70.3 Å². The van der Waals surface area contributed by atoms with Crippen LogP contribution in [0.5, 0.6) is 0 Å². The molecule has 22 nitrogen and oxygen atoms in total. The quantitative estimate of drug-likeness (QED) is 0.0269. The Labute approximate surface area is 599 Å². The molecule has 12 rings (SSSR count). The average molecular weight is 1470 g/mol. The first-order valence-electron chi connectivity index (χ1n) is 31.5. The van der Waals surface area contributed by atoms with Gasteiger partial charge in [-0.05, 0) is 147 Å². The Morgan fingerprint density at radius 3 is 1.11 bits per heavy atom. The largest absolute Gasteiger partial charge is 0.378 e. The standard InChI is InChI=1S/C25H22ClF2N5O2.C24H20ClF2N5O3.C23H18ClF2N5O2/c26-16-5-9-22(30-14-16)32-25(35)19-13-17(27)6-8-21(19)31-24(34)18-7-4-15(12-20(18)28)23(29)33-10-2-1-3-11-33;25-15-2-6-21(29-13-15)31-24(34)18-12-16(26)3-5-20(18)30-23(33)17-4-1-14(11-19(17)27)22(28)32-7-9-35-10-8-32;1-31-9-8-27-21(31)13-2-5-16(18(26)10-13)22(32)29-19-6-4-15(25)11-17(19)23(33)30-20-7-3-14(24)12-28-20/h4-9,12-14,29H,1-3,10-11H2,(H,31,34)(H,30,32,35);1-6,11-13,28H,7-10H2,(H,30,33)(H,29,31,34);2-7,10-12H,8-9H2,1H3,(H,29,32)(H,28,30,33). The number of ether oxygens (including phenoxy) is 1. The third-order valence-electron chi connectivity index (χ3n) is 15.8. The molecule has 0 atom stereocenters. The summed E-state index contributed by atoms with van der Waals surface area (Å²) >= 11 is 17.4. The van der Waals surface area contributed by atoms with Crippen LogP contribution in [0.15, 0.2) is 169 Å². The minimum Gasteiger partial charge on any atom is -0.378 e. The molecule has 3 aliphatic heterocycles. The fraction of sp³-hybridized carbons (Fsp3) is 0.167. The fourth-order valence-electron chi connectivity index (χ4n) is 10.6. The maximum atomic E-state index is 14.8. The molecule has 31 heteroatoms. The molecular formula is C72H60Cl3F6N15O7. The molecule has 0 radical (unpaired) electrons. The number of hydrogen-bond acceptors (Lipinski definition) is 14. The Kier molecular flexibility index (Phi) is 24.6. The first-order chi connectivity index (χ1) is 49.4. The number of halogens is 9. The second-order valence-electron chi connectivity index (χ2n) is 22.9. The number of nitrogens with zero attached hydrogens (tertiary/aromatic N) is 7. The lowest BCUT2D eigenvalue weighted by Crippen LogP contribution is -2.40. The number of amidine groups is 3. The summed E-state index contributed by atoms with van der Waals surface area (Å²) < 4.78 is 91.3. The Hall–Kier alpha value is -11.6. The number of pyridine rings is 3. The van der Waals surface area contributed by atoms with Gasteiger partial charge in [0.1, 0.15) is 69.9 Å². The summed E-state index contributed by atoms with van der Waals surface area (Å²) in [6.45, 7) is 4.83. The number of likely N-dealkylation sites (N-methyl/N-ethyl adjacent to an activating group) is 1. The van der Waals surface area contributed by atoms with E-state index in [0.29, 0.717) is 70.4 Å². The number of rotatable bonds is 15. The van der Waals surface area contributed by atoms with Crippen LogP contribution in [0.1, 0.15) is 98.1 Å². The molecule has 2 fully saturated rings. The van der Waals surface area contributed by atoms with E-state index in [9.17, 15) is 55.1 Å². The Balaban J connectivity index is 0.000000166. The van der Waals surface area contributed by atoms with E-state index in [0.717, 1.165) is 87.4 Å². The highest BCUT2D eigenvalue weighted by Crippen LogP contribution is 2.27. The van der Waals surface area contributed by atoms with Crippen molar-refractivity contribution < 1.29 is 59.8 Å². The van der Waals surface area contributed by atoms with Crippen LogP contribution < -0.4 is 31.9 Å². The molecule has 9 aromatic rings. The van der Waals surface area contributed by atoms with E-state index in [-0.39, 0.29) is 79.6 Å². The molecule has 3 aromatic heterocycles. The van der Waals surface area contributed by atoms with Crippen LogP contribution >= 0.6 is 34.8 Å². The summed E-state index contributed by atoms with van der Waals surface area (Å²) in [5.41, 5.74) is -0.0582. The molecular weight excluding hydrogens is 1410 g/mol. The minimum absolute atomic E-state index is 0.00704. The van der Waals surface area contributed by atoms with Gasteiger partial charge >= 0.3 is 0 Å². The zero-order valence-corrected chi connectivity index (χ0v) is 56.5. The van der Waals surface area contributed by atoms with Crippen molar-refractivity contribution in [3.05, 3.63) is 264 Å². The third kappa shape index (κ3) is 19.5. The first-order valence-corrected chi connectivity index (χ1v) is 32.6. The predicted octanol–water partition coefficient (Wildman–Crippen LogP) is 13.7. The molecule has 0 saturated carbocycles. The lowest BCUT2D eigenvalue weighted by atomic mass is 10.1. The van der Waals surface area contributed by atoms with Gasteiger partial charge in [0.25, 0.3) is 35.4 Å². The highest BCUT2D eigenvalue weighted by molar-refractivity contribution is 6.31. The summed E-state index contributed by atoms with van der Waals surface area (Å²) in [4.78, 5) is 98.2. The summed E-state index contributed by atoms with van der Waals surface area (Å²) in [5, 5.41) is 32.7. The third-order valence-corrected chi connectivity index (χ3v) is 16.5. The number of hydrogen-bond donors (Lipinski definition) is 8. The van der Waals surface area contributed by atoms with Gasteiger partial charge in [-0.2, -0.15) is 0 Å². The van der Waals surface area contributed by atoms with Crippen LogP contribution in [-0.4, -0.2) is 142 Å². The highest BCUT2D eigenvalue weighted by atomic mass is 35.5. The van der Waals surface area contributed by atoms with Crippen LogP contribution in [0.3, 0.4) is 0 Å². The second kappa shape index (κ2) is 34.2. The molecule has 0 unspecified atom stereocenters. The van der Waals surface area contributed by atoms with Gasteiger partial charge in [-0.1, -0.05) is 53.0 Å². The van der Waals surface area contributed by atoms with Gasteiger partial charge < -0.3 is 51.3 Å². The SMILES string of the molecule is CN1CCN=C1c1ccc(C(=O)Nc2ccc(F)cc2C(=O)Nc2ccc(Cl)cn2)c(F)c1.N=C(c1ccc(C(=O)Nc2ccc(F)cc2C(=O)Nc2ccc(Cl)cn2)c(F)c1)N1CCCCC1.N=C(c1ccc(C(=O)Nc2ccc(F)cc2C(=O)Nc2ccc(Cl)cn2)c(F)c1)N1CCOCC1. The lowest BCUT2D eigenvalue weighted by molar-refractivity contribution is 0.0679. The zero-order valence-electron chi connectivity index (χ0n) is 54.3. The summed E-state index contributed by atoms with van der Waals surface area (Å²) in [6, 6.07) is 30.7. The number of benzene rings is 6. The Morgan fingerprint density at radius 2 is 0.767 bits per heavy atom. The maximum absolute atomic E-state index is 14.8. The molecule has 0 bridgehead atoms. The predicted molar refractivity (Wildman–Crippen MR) is 379 cm³/mol. The van der Waals surface area contributed by atoms with E-state index in [1.807, 2.05) is 16.8 Å². The molecule has 528 valence electrons. The fourth-order valence-corrected chi connectivity index (χ4v) is 10.9. The number of nitrogens with one attached hydrogen (secondary N) is 8. The van der Waals surface area contributed by atoms with Crippen LogP contribution in [0, 0.1) is 45.7 Å². The lowest BCUT2D eigenvalue weighted by Gasteiger charge is -2.29. The number of amides is 6. The van der Waals surface area contributed by atoms with Gasteiger partial charge in [0.2, 0.25) is 0 Å². The minimum atomic E-state index is -0.837. The number of carbonyl (C=O) groups is 6. The zero-order chi connectivity index (χ0) is 73.4. The van der Waals surface area contributed by atoms with E-state index in [2.05, 4.69) is 51.8 Å². The Bertz CT molecular complexity index is 4560. The number of piperidine rings is 1. The molecule has 6 amide bonds. The van der Waals surface area contributed by atoms with Crippen molar-refractivity contribution in [2.24, 2.45) is 4.99 Å². The molecule has 3 aliphatic rings. The van der Waals surface area contributed by atoms with E-state index in [1.165, 1.54) is 110 Å². The monoisotopic (exact) mass is 1470 g/mol. The number of aromatic nitrogens is 3. The second-order valence-corrected chi connectivity index (χ2v) is 24.2. The van der Waals surface area contributed by atoms with Crippen molar-refractivity contribution in [1.29, 1.82) is 10.8 Å². The van der Waals surface area contributed by atoms with Gasteiger partial charge in [0.05, 0.1) is 85.3 Å². The van der Waals surface area contributed by atoms with Crippen molar-refractivity contribution >= 4 is 122 Å². The van der Waals surface area contributed by atoms with Gasteiger partial charge in [-0.15, -0.1) is 0 Å². The summed E-state index contributed by atoms with van der Waals surface area (Å²) in [7, 11) is 1.85. The van der Waals surface area contributed by atoms with E-state index in [1.54, 1.807) is 11.0 Å². The Morgan fingerprint density at radius 1 is 0.408 bits per heavy atom. The molecule has 6 heterocycles. The summed E-state index contributed by atoms with van der Waals surface area (Å²) in [5.74, 6) is -7.53. The van der Waals surface area contributed by atoms with Crippen molar-refractivity contribution in [3.8, 4) is 0 Å².